The van der Waals surface area contributed by atoms with E-state index < -0.39 is 15.9 Å². The number of amides is 1. The van der Waals surface area contributed by atoms with E-state index in [2.05, 4.69) is 5.32 Å². The first-order valence-electron chi connectivity index (χ1n) is 9.08. The van der Waals surface area contributed by atoms with Gasteiger partial charge in [0, 0.05) is 10.7 Å². The van der Waals surface area contributed by atoms with Gasteiger partial charge in [0.05, 0.1) is 32.7 Å². The Kier molecular flexibility index (Phi) is 6.03. The number of fused-ring (bicyclic) bond motifs is 1. The van der Waals surface area contributed by atoms with Gasteiger partial charge >= 0.3 is 0 Å². The van der Waals surface area contributed by atoms with Gasteiger partial charge in [0.15, 0.2) is 0 Å². The van der Waals surface area contributed by atoms with Crippen LogP contribution in [0.4, 0.5) is 11.4 Å². The minimum Gasteiger partial charge on any atom is -0.489 e. The Hall–Kier alpha value is -2.45. The van der Waals surface area contributed by atoms with Gasteiger partial charge in [-0.2, -0.15) is 0 Å². The Morgan fingerprint density at radius 2 is 1.68 bits per heavy atom. The molecule has 6 nitrogen and oxygen atoms in total. The molecule has 0 fully saturated rings. The van der Waals surface area contributed by atoms with Crippen LogP contribution in [0, 0.1) is 0 Å². The van der Waals surface area contributed by atoms with Crippen LogP contribution >= 0.6 is 34.8 Å². The molecule has 0 aromatic heterocycles. The van der Waals surface area contributed by atoms with E-state index in [1.807, 2.05) is 0 Å². The monoisotopic (exact) mass is 496 g/mol. The average Bonchev–Trinajstić information content (AvgIpc) is 2.73. The molecule has 3 aromatic rings. The minimum absolute atomic E-state index is 0.0603. The molecule has 1 aliphatic heterocycles. The van der Waals surface area contributed by atoms with Crippen molar-refractivity contribution in [3.05, 3.63) is 81.3 Å². The fourth-order valence-electron chi connectivity index (χ4n) is 3.18. The number of rotatable bonds is 4. The van der Waals surface area contributed by atoms with Crippen LogP contribution < -0.4 is 14.4 Å². The second-order valence-corrected chi connectivity index (χ2v) is 9.73. The van der Waals surface area contributed by atoms with Crippen molar-refractivity contribution < 1.29 is 17.9 Å². The van der Waals surface area contributed by atoms with Crippen LogP contribution in [0.5, 0.6) is 5.75 Å². The summed E-state index contributed by atoms with van der Waals surface area (Å²) in [6.45, 7) is 0.295. The number of anilines is 2. The predicted octanol–water partition coefficient (Wildman–Crippen LogP) is 5.49. The van der Waals surface area contributed by atoms with E-state index in [0.717, 1.165) is 0 Å². The third-order valence-electron chi connectivity index (χ3n) is 4.61. The van der Waals surface area contributed by atoms with Crippen LogP contribution in [0.3, 0.4) is 0 Å². The molecule has 4 rings (SSSR count). The lowest BCUT2D eigenvalue weighted by atomic mass is 10.2. The van der Waals surface area contributed by atoms with Crippen molar-refractivity contribution in [1.29, 1.82) is 0 Å². The van der Waals surface area contributed by atoms with Gasteiger partial charge in [0.1, 0.15) is 12.4 Å². The summed E-state index contributed by atoms with van der Waals surface area (Å²) in [6, 6.07) is 15.5. The van der Waals surface area contributed by atoms with Crippen LogP contribution in [-0.2, 0) is 10.0 Å². The quantitative estimate of drug-likeness (QED) is 0.517. The summed E-state index contributed by atoms with van der Waals surface area (Å²) in [4.78, 5) is 12.8. The van der Waals surface area contributed by atoms with Crippen molar-refractivity contribution in [3.63, 3.8) is 0 Å². The van der Waals surface area contributed by atoms with E-state index >= 15 is 0 Å². The lowest BCUT2D eigenvalue weighted by Crippen LogP contribution is -2.38. The van der Waals surface area contributed by atoms with Crippen LogP contribution in [0.25, 0.3) is 0 Å². The molecule has 31 heavy (non-hydrogen) atoms. The summed E-state index contributed by atoms with van der Waals surface area (Å²) < 4.78 is 33.3. The molecule has 1 N–H and O–H groups in total. The maximum Gasteiger partial charge on any atom is 0.264 e. The molecular formula is C21H15Cl3N2O4S. The van der Waals surface area contributed by atoms with Crippen molar-refractivity contribution >= 4 is 62.1 Å². The fourth-order valence-corrected chi connectivity index (χ4v) is 5.51. The molecule has 10 heteroatoms. The third kappa shape index (κ3) is 4.32. The molecule has 1 amide bonds. The Labute approximate surface area is 194 Å². The van der Waals surface area contributed by atoms with Crippen molar-refractivity contribution in [3.8, 4) is 5.75 Å². The van der Waals surface area contributed by atoms with E-state index in [1.54, 1.807) is 42.5 Å². The lowest BCUT2D eigenvalue weighted by Gasteiger charge is -2.31. The highest BCUT2D eigenvalue weighted by Crippen LogP contribution is 2.38. The fraction of sp³-hybridized carbons (Fsp3) is 0.0952. The standard InChI is InChI=1S/C21H15Cl3N2O4S/c22-13-3-1-4-15(11-13)31(28,29)26-9-10-30-19-8-7-14(12-18(19)26)25-21(27)20-16(23)5-2-6-17(20)24/h1-8,11-12H,9-10H2,(H,25,27). The number of hydrogen-bond donors (Lipinski definition) is 1. The number of nitrogens with zero attached hydrogens (tertiary/aromatic N) is 1. The van der Waals surface area contributed by atoms with E-state index in [-0.39, 0.29) is 33.7 Å². The number of benzene rings is 3. The first-order valence-corrected chi connectivity index (χ1v) is 11.7. The van der Waals surface area contributed by atoms with Crippen molar-refractivity contribution in [1.82, 2.24) is 0 Å². The summed E-state index contributed by atoms with van der Waals surface area (Å²) in [5.41, 5.74) is 0.786. The normalized spacial score (nSPS) is 13.3. The SMILES string of the molecule is O=C(Nc1ccc2c(c1)N(S(=O)(=O)c1cccc(Cl)c1)CCO2)c1c(Cl)cccc1Cl. The number of hydrogen-bond acceptors (Lipinski definition) is 4. The second-order valence-electron chi connectivity index (χ2n) is 6.62. The zero-order valence-corrected chi connectivity index (χ0v) is 18.9. The molecule has 1 aliphatic rings. The highest BCUT2D eigenvalue weighted by molar-refractivity contribution is 7.92. The van der Waals surface area contributed by atoms with Crippen LogP contribution in [-0.4, -0.2) is 27.5 Å². The molecule has 0 atom stereocenters. The van der Waals surface area contributed by atoms with Crippen LogP contribution in [0.1, 0.15) is 10.4 Å². The number of nitrogens with one attached hydrogen (secondary N) is 1. The van der Waals surface area contributed by atoms with Crippen LogP contribution in [0.15, 0.2) is 65.6 Å². The van der Waals surface area contributed by atoms with Gasteiger partial charge in [0.25, 0.3) is 15.9 Å². The van der Waals surface area contributed by atoms with Gasteiger partial charge in [-0.3, -0.25) is 9.10 Å². The summed E-state index contributed by atoms with van der Waals surface area (Å²) in [5, 5.41) is 3.43. The van der Waals surface area contributed by atoms with Crippen LogP contribution in [0.2, 0.25) is 15.1 Å². The van der Waals surface area contributed by atoms with E-state index in [9.17, 15) is 13.2 Å². The number of carbonyl (C=O) groups excluding carboxylic acids is 1. The third-order valence-corrected chi connectivity index (χ3v) is 7.29. The molecule has 0 unspecified atom stereocenters. The molecular weight excluding hydrogens is 483 g/mol. The van der Waals surface area contributed by atoms with Crippen molar-refractivity contribution in [2.24, 2.45) is 0 Å². The van der Waals surface area contributed by atoms with Gasteiger partial charge < -0.3 is 10.1 Å². The smallest absolute Gasteiger partial charge is 0.264 e. The predicted molar refractivity (Wildman–Crippen MR) is 122 cm³/mol. The van der Waals surface area contributed by atoms with Crippen molar-refractivity contribution in [2.75, 3.05) is 22.8 Å². The highest BCUT2D eigenvalue weighted by Gasteiger charge is 2.30. The maximum absolute atomic E-state index is 13.2. The van der Waals surface area contributed by atoms with E-state index in [1.165, 1.54) is 22.5 Å². The van der Waals surface area contributed by atoms with Gasteiger partial charge in [-0.15, -0.1) is 0 Å². The molecule has 1 heterocycles. The second kappa shape index (κ2) is 8.59. The van der Waals surface area contributed by atoms with Gasteiger partial charge in [-0.1, -0.05) is 46.9 Å². The molecule has 0 spiro atoms. The maximum atomic E-state index is 13.2. The average molecular weight is 498 g/mol. The summed E-state index contributed by atoms with van der Waals surface area (Å²) in [7, 11) is -3.89. The minimum atomic E-state index is -3.89. The Morgan fingerprint density at radius 3 is 2.39 bits per heavy atom. The summed E-state index contributed by atoms with van der Waals surface area (Å²) >= 11 is 18.2. The molecule has 0 saturated carbocycles. The largest absolute Gasteiger partial charge is 0.489 e. The first-order chi connectivity index (χ1) is 14.8. The Morgan fingerprint density at radius 1 is 0.968 bits per heavy atom. The van der Waals surface area contributed by atoms with E-state index in [0.29, 0.717) is 22.1 Å². The highest BCUT2D eigenvalue weighted by atomic mass is 35.5. The number of sulfonamides is 1. The summed E-state index contributed by atoms with van der Waals surface area (Å²) in [6.07, 6.45) is 0. The number of carbonyl (C=O) groups is 1. The Balaban J connectivity index is 1.69. The molecule has 3 aromatic carbocycles. The number of ether oxygens (including phenoxy) is 1. The molecule has 0 bridgehead atoms. The van der Waals surface area contributed by atoms with Gasteiger partial charge in [-0.05, 0) is 48.5 Å². The van der Waals surface area contributed by atoms with E-state index in [4.69, 9.17) is 39.5 Å². The Bertz CT molecular complexity index is 1260. The van der Waals surface area contributed by atoms with Gasteiger partial charge in [0.2, 0.25) is 0 Å². The zero-order chi connectivity index (χ0) is 22.2. The van der Waals surface area contributed by atoms with Gasteiger partial charge in [-0.25, -0.2) is 8.42 Å². The molecule has 0 saturated heterocycles. The zero-order valence-electron chi connectivity index (χ0n) is 15.8. The summed E-state index contributed by atoms with van der Waals surface area (Å²) in [5.74, 6) is -0.137. The molecule has 160 valence electrons. The molecule has 0 radical (unpaired) electrons. The topological polar surface area (TPSA) is 75.7 Å². The first kappa shape index (κ1) is 21.8. The molecule has 0 aliphatic carbocycles. The van der Waals surface area contributed by atoms with Crippen molar-refractivity contribution in [2.45, 2.75) is 4.90 Å². The number of halogens is 3. The lowest BCUT2D eigenvalue weighted by molar-refractivity contribution is 0.102.